The van der Waals surface area contributed by atoms with E-state index in [1.807, 2.05) is 0 Å². The lowest BCUT2D eigenvalue weighted by atomic mass is 10.3. The van der Waals surface area contributed by atoms with Crippen LogP contribution in [0.1, 0.15) is 6.92 Å². The summed E-state index contributed by atoms with van der Waals surface area (Å²) in [5.41, 5.74) is 5.60. The molecule has 1 aliphatic heterocycles. The fourth-order valence-corrected chi connectivity index (χ4v) is 1.33. The third kappa shape index (κ3) is 2.40. The summed E-state index contributed by atoms with van der Waals surface area (Å²) in [4.78, 5) is 23.3. The number of amides is 2. The van der Waals surface area contributed by atoms with Crippen LogP contribution < -0.4 is 16.4 Å². The first-order valence-corrected chi connectivity index (χ1v) is 4.03. The fourth-order valence-electron chi connectivity index (χ4n) is 1.33. The largest absolute Gasteiger partial charge is 0.320 e. The first-order chi connectivity index (χ1) is 6.00. The summed E-state index contributed by atoms with van der Waals surface area (Å²) in [5, 5.41) is 5.10. The molecule has 0 saturated carbocycles. The monoisotopic (exact) mass is 186 g/mol. The Morgan fingerprint density at radius 3 is 2.62 bits per heavy atom. The Morgan fingerprint density at radius 1 is 1.62 bits per heavy atom. The molecule has 4 N–H and O–H groups in total. The van der Waals surface area contributed by atoms with Gasteiger partial charge >= 0.3 is 6.03 Å². The number of rotatable bonds is 3. The van der Waals surface area contributed by atoms with Crippen LogP contribution in [-0.4, -0.2) is 42.6 Å². The van der Waals surface area contributed by atoms with Crippen molar-refractivity contribution in [2.75, 3.05) is 13.6 Å². The number of likely N-dealkylation sites (N-methyl/N-ethyl adjacent to an activating group) is 1. The summed E-state index contributed by atoms with van der Waals surface area (Å²) in [6.07, 6.45) is -0.770. The van der Waals surface area contributed by atoms with E-state index in [1.54, 1.807) is 11.9 Å². The van der Waals surface area contributed by atoms with E-state index in [0.717, 1.165) is 0 Å². The lowest BCUT2D eigenvalue weighted by Gasteiger charge is -2.24. The van der Waals surface area contributed by atoms with Crippen molar-refractivity contribution in [3.8, 4) is 0 Å². The SMILES string of the molecule is CC(=O)CN(C)C1NC(=O)NC1N. The van der Waals surface area contributed by atoms with Gasteiger partial charge in [0.2, 0.25) is 0 Å². The second-order valence-corrected chi connectivity index (χ2v) is 3.21. The molecule has 74 valence electrons. The molecule has 2 unspecified atom stereocenters. The predicted octanol–water partition coefficient (Wildman–Crippen LogP) is -1.57. The molecule has 0 aliphatic carbocycles. The molecule has 1 heterocycles. The van der Waals surface area contributed by atoms with Gasteiger partial charge in [0.05, 0.1) is 6.54 Å². The molecule has 2 amide bonds. The minimum atomic E-state index is -0.461. The van der Waals surface area contributed by atoms with E-state index in [4.69, 9.17) is 5.73 Å². The average molecular weight is 186 g/mol. The average Bonchev–Trinajstić information content (AvgIpc) is 2.28. The van der Waals surface area contributed by atoms with Crippen molar-refractivity contribution in [2.45, 2.75) is 19.3 Å². The number of ketones is 1. The van der Waals surface area contributed by atoms with Gasteiger partial charge in [-0.15, -0.1) is 0 Å². The molecule has 0 radical (unpaired) electrons. The summed E-state index contributed by atoms with van der Waals surface area (Å²) in [7, 11) is 1.74. The Hall–Kier alpha value is -1.14. The molecule has 0 spiro atoms. The topological polar surface area (TPSA) is 87.5 Å². The van der Waals surface area contributed by atoms with Gasteiger partial charge in [-0.25, -0.2) is 4.79 Å². The molecule has 0 bridgehead atoms. The van der Waals surface area contributed by atoms with E-state index >= 15 is 0 Å². The van der Waals surface area contributed by atoms with Crippen molar-refractivity contribution in [1.29, 1.82) is 0 Å². The second kappa shape index (κ2) is 3.71. The van der Waals surface area contributed by atoms with Gasteiger partial charge in [-0.2, -0.15) is 0 Å². The molecule has 0 aromatic carbocycles. The standard InChI is InChI=1S/C7H14N4O2/c1-4(12)3-11(2)6-5(8)9-7(13)10-6/h5-6H,3,8H2,1-2H3,(H2,9,10,13). The molecule has 1 rings (SSSR count). The summed E-state index contributed by atoms with van der Waals surface area (Å²) < 4.78 is 0. The highest BCUT2D eigenvalue weighted by atomic mass is 16.2. The highest BCUT2D eigenvalue weighted by Crippen LogP contribution is 2.00. The van der Waals surface area contributed by atoms with Crippen molar-refractivity contribution in [3.05, 3.63) is 0 Å². The normalized spacial score (nSPS) is 27.2. The number of carbonyl (C=O) groups excluding carboxylic acids is 2. The lowest BCUT2D eigenvalue weighted by Crippen LogP contribution is -2.52. The fraction of sp³-hybridized carbons (Fsp3) is 0.714. The molecule has 6 heteroatoms. The van der Waals surface area contributed by atoms with Gasteiger partial charge in [-0.05, 0) is 14.0 Å². The number of carbonyl (C=O) groups is 2. The van der Waals surface area contributed by atoms with Gasteiger partial charge in [0.15, 0.2) is 0 Å². The van der Waals surface area contributed by atoms with Crippen LogP contribution in [-0.2, 0) is 4.79 Å². The predicted molar refractivity (Wildman–Crippen MR) is 46.7 cm³/mol. The van der Waals surface area contributed by atoms with Crippen LogP contribution in [0, 0.1) is 0 Å². The highest BCUT2D eigenvalue weighted by Gasteiger charge is 2.31. The van der Waals surface area contributed by atoms with E-state index in [-0.39, 0.29) is 24.5 Å². The summed E-state index contributed by atoms with van der Waals surface area (Å²) in [5.74, 6) is 0.0378. The first kappa shape index (κ1) is 9.94. The lowest BCUT2D eigenvalue weighted by molar-refractivity contribution is -0.118. The number of hydrogen-bond acceptors (Lipinski definition) is 4. The number of hydrogen-bond donors (Lipinski definition) is 3. The maximum atomic E-state index is 10.8. The first-order valence-electron chi connectivity index (χ1n) is 4.03. The Morgan fingerprint density at radius 2 is 2.23 bits per heavy atom. The van der Waals surface area contributed by atoms with E-state index in [9.17, 15) is 9.59 Å². The maximum Gasteiger partial charge on any atom is 0.317 e. The van der Waals surface area contributed by atoms with Crippen molar-refractivity contribution in [2.24, 2.45) is 5.73 Å². The molecule has 6 nitrogen and oxygen atoms in total. The van der Waals surface area contributed by atoms with Crippen LogP contribution in [0.3, 0.4) is 0 Å². The smallest absolute Gasteiger partial charge is 0.317 e. The van der Waals surface area contributed by atoms with Gasteiger partial charge in [0.25, 0.3) is 0 Å². The van der Waals surface area contributed by atoms with Crippen LogP contribution in [0.4, 0.5) is 4.79 Å². The third-order valence-corrected chi connectivity index (χ3v) is 1.86. The van der Waals surface area contributed by atoms with Crippen molar-refractivity contribution in [1.82, 2.24) is 15.5 Å². The van der Waals surface area contributed by atoms with E-state index in [2.05, 4.69) is 10.6 Å². The van der Waals surface area contributed by atoms with Gasteiger partial charge in [-0.1, -0.05) is 0 Å². The summed E-state index contributed by atoms with van der Waals surface area (Å²) >= 11 is 0. The van der Waals surface area contributed by atoms with Gasteiger partial charge < -0.3 is 16.4 Å². The zero-order chi connectivity index (χ0) is 10.0. The van der Waals surface area contributed by atoms with E-state index in [0.29, 0.717) is 0 Å². The Kier molecular flexibility index (Phi) is 2.84. The minimum Gasteiger partial charge on any atom is -0.320 e. The van der Waals surface area contributed by atoms with Crippen molar-refractivity contribution in [3.63, 3.8) is 0 Å². The number of Topliss-reactive ketones (excluding diaryl/α,β-unsaturated/α-hetero) is 1. The Labute approximate surface area is 76.4 Å². The quantitative estimate of drug-likeness (QED) is 0.497. The van der Waals surface area contributed by atoms with Crippen molar-refractivity contribution < 1.29 is 9.59 Å². The van der Waals surface area contributed by atoms with Crippen LogP contribution >= 0.6 is 0 Å². The Bertz CT molecular complexity index is 231. The molecular weight excluding hydrogens is 172 g/mol. The second-order valence-electron chi connectivity index (χ2n) is 3.21. The highest BCUT2D eigenvalue weighted by molar-refractivity contribution is 5.79. The number of nitrogens with one attached hydrogen (secondary N) is 2. The number of nitrogens with zero attached hydrogens (tertiary/aromatic N) is 1. The summed E-state index contributed by atoms with van der Waals surface area (Å²) in [6.45, 7) is 1.77. The van der Waals surface area contributed by atoms with Crippen LogP contribution in [0.2, 0.25) is 0 Å². The van der Waals surface area contributed by atoms with Gasteiger partial charge in [-0.3, -0.25) is 9.69 Å². The third-order valence-electron chi connectivity index (χ3n) is 1.86. The van der Waals surface area contributed by atoms with Crippen LogP contribution in [0.25, 0.3) is 0 Å². The van der Waals surface area contributed by atoms with E-state index < -0.39 is 6.17 Å². The Balaban J connectivity index is 2.51. The minimum absolute atomic E-state index is 0.0378. The van der Waals surface area contributed by atoms with Crippen LogP contribution in [0.15, 0.2) is 0 Å². The molecule has 1 saturated heterocycles. The van der Waals surface area contributed by atoms with Gasteiger partial charge in [0, 0.05) is 0 Å². The van der Waals surface area contributed by atoms with Crippen molar-refractivity contribution >= 4 is 11.8 Å². The molecule has 1 aliphatic rings. The molecule has 1 fully saturated rings. The maximum absolute atomic E-state index is 10.8. The molecule has 0 aromatic rings. The zero-order valence-electron chi connectivity index (χ0n) is 7.70. The zero-order valence-corrected chi connectivity index (χ0v) is 7.70. The number of urea groups is 1. The van der Waals surface area contributed by atoms with Crippen LogP contribution in [0.5, 0.6) is 0 Å². The summed E-state index contributed by atoms with van der Waals surface area (Å²) in [6, 6.07) is -0.298. The molecule has 0 aromatic heterocycles. The number of nitrogens with two attached hydrogens (primary N) is 1. The molecular formula is C7H14N4O2. The molecule has 2 atom stereocenters. The van der Waals surface area contributed by atoms with Gasteiger partial charge in [0.1, 0.15) is 18.1 Å². The van der Waals surface area contributed by atoms with E-state index in [1.165, 1.54) is 6.92 Å². The molecule has 13 heavy (non-hydrogen) atoms.